The molecule has 0 atom stereocenters. The summed E-state index contributed by atoms with van der Waals surface area (Å²) in [7, 11) is 0. The van der Waals surface area contributed by atoms with Crippen LogP contribution >= 0.6 is 0 Å². The summed E-state index contributed by atoms with van der Waals surface area (Å²) in [6, 6.07) is 51.5. The second-order valence-electron chi connectivity index (χ2n) is 12.9. The Morgan fingerprint density at radius 2 is 1.02 bits per heavy atom. The van der Waals surface area contributed by atoms with E-state index in [0.29, 0.717) is 11.7 Å². The Labute approximate surface area is 278 Å². The molecule has 12 rings (SSSR count). The van der Waals surface area contributed by atoms with Crippen molar-refractivity contribution in [1.29, 1.82) is 0 Å². The average molecular weight is 625 g/mol. The number of aromatic nitrogens is 4. The van der Waals surface area contributed by atoms with Gasteiger partial charge in [0.15, 0.2) is 0 Å². The molecule has 49 heavy (non-hydrogen) atoms. The van der Waals surface area contributed by atoms with Crippen LogP contribution in [0.4, 0.5) is 0 Å². The van der Waals surface area contributed by atoms with Gasteiger partial charge in [0, 0.05) is 43.3 Å². The normalized spacial score (nSPS) is 12.5. The van der Waals surface area contributed by atoms with Gasteiger partial charge in [0.2, 0.25) is 11.7 Å². The highest BCUT2D eigenvalue weighted by Crippen LogP contribution is 2.48. The van der Waals surface area contributed by atoms with E-state index in [1.165, 1.54) is 48.7 Å². The third kappa shape index (κ3) is 3.10. The predicted molar refractivity (Wildman–Crippen MR) is 201 cm³/mol. The molecule has 0 fully saturated rings. The van der Waals surface area contributed by atoms with Crippen LogP contribution in [0, 0.1) is 0 Å². The lowest BCUT2D eigenvalue weighted by molar-refractivity contribution is 0.651. The number of furan rings is 1. The molecule has 12 aromatic rings. The lowest BCUT2D eigenvalue weighted by atomic mass is 9.98. The molecule has 0 aliphatic heterocycles. The summed E-state index contributed by atoms with van der Waals surface area (Å²) in [5.41, 5.74) is 8.97. The minimum absolute atomic E-state index is 0.575. The molecule has 0 radical (unpaired) electrons. The Morgan fingerprint density at radius 3 is 1.84 bits per heavy atom. The van der Waals surface area contributed by atoms with Gasteiger partial charge in [-0.15, -0.1) is 0 Å². The van der Waals surface area contributed by atoms with Gasteiger partial charge in [-0.1, -0.05) is 127 Å². The number of hydrogen-bond donors (Lipinski definition) is 0. The van der Waals surface area contributed by atoms with Crippen molar-refractivity contribution in [2.45, 2.75) is 0 Å². The molecular formula is C44H24N4O. The van der Waals surface area contributed by atoms with Crippen molar-refractivity contribution in [3.05, 3.63) is 146 Å². The summed E-state index contributed by atoms with van der Waals surface area (Å²) in [6.45, 7) is 0. The molecule has 0 amide bonds. The second kappa shape index (κ2) is 9.00. The monoisotopic (exact) mass is 624 g/mol. The van der Waals surface area contributed by atoms with Gasteiger partial charge in [0.25, 0.3) is 0 Å². The molecule has 0 spiro atoms. The van der Waals surface area contributed by atoms with Crippen LogP contribution in [0.15, 0.2) is 150 Å². The van der Waals surface area contributed by atoms with E-state index in [9.17, 15) is 0 Å². The van der Waals surface area contributed by atoms with Crippen LogP contribution in [-0.2, 0) is 0 Å². The van der Waals surface area contributed by atoms with Gasteiger partial charge in [-0.25, -0.2) is 4.98 Å². The molecule has 5 heteroatoms. The summed E-state index contributed by atoms with van der Waals surface area (Å²) in [5.74, 6) is 0.581. The summed E-state index contributed by atoms with van der Waals surface area (Å²) in [6.07, 6.45) is 0. The van der Waals surface area contributed by atoms with Crippen molar-refractivity contribution < 1.29 is 4.42 Å². The van der Waals surface area contributed by atoms with Crippen molar-refractivity contribution in [3.63, 3.8) is 0 Å². The van der Waals surface area contributed by atoms with E-state index in [1.54, 1.807) is 0 Å². The minimum Gasteiger partial charge on any atom is -0.437 e. The smallest absolute Gasteiger partial charge is 0.238 e. The summed E-state index contributed by atoms with van der Waals surface area (Å²) in [4.78, 5) is 10.7. The fraction of sp³-hybridized carbons (Fsp3) is 0. The van der Waals surface area contributed by atoms with Crippen LogP contribution in [-0.4, -0.2) is 18.9 Å². The summed E-state index contributed by atoms with van der Waals surface area (Å²) in [5, 5.41) is 11.7. The highest BCUT2D eigenvalue weighted by Gasteiger charge is 2.27. The fourth-order valence-corrected chi connectivity index (χ4v) is 8.57. The third-order valence-electron chi connectivity index (χ3n) is 10.5. The van der Waals surface area contributed by atoms with Gasteiger partial charge >= 0.3 is 0 Å². The molecule has 0 saturated heterocycles. The Bertz CT molecular complexity index is 3320. The Hall–Kier alpha value is -6.72. The maximum Gasteiger partial charge on any atom is 0.238 e. The first-order chi connectivity index (χ1) is 24.3. The number of fused-ring (bicyclic) bond motifs is 16. The lowest BCUT2D eigenvalue weighted by Crippen LogP contribution is -2.03. The van der Waals surface area contributed by atoms with E-state index in [2.05, 4.69) is 130 Å². The number of rotatable bonds is 2. The van der Waals surface area contributed by atoms with E-state index in [4.69, 9.17) is 14.4 Å². The first kappa shape index (κ1) is 25.4. The quantitative estimate of drug-likeness (QED) is 0.192. The van der Waals surface area contributed by atoms with Gasteiger partial charge < -0.3 is 8.82 Å². The first-order valence-electron chi connectivity index (χ1n) is 16.6. The average Bonchev–Trinajstić information content (AvgIpc) is 3.90. The second-order valence-corrected chi connectivity index (χ2v) is 12.9. The predicted octanol–water partition coefficient (Wildman–Crippen LogP) is 11.4. The molecule has 0 unspecified atom stereocenters. The minimum atomic E-state index is 0.575. The largest absolute Gasteiger partial charge is 0.437 e. The van der Waals surface area contributed by atoms with Crippen molar-refractivity contribution in [2.75, 3.05) is 0 Å². The molecule has 0 N–H and O–H groups in total. The zero-order valence-electron chi connectivity index (χ0n) is 26.1. The van der Waals surface area contributed by atoms with Gasteiger partial charge in [0.05, 0.1) is 38.7 Å². The number of benzene rings is 7. The van der Waals surface area contributed by atoms with Gasteiger partial charge in [-0.2, -0.15) is 4.98 Å². The maximum atomic E-state index is 6.51. The topological polar surface area (TPSA) is 48.3 Å². The Morgan fingerprint density at radius 1 is 0.408 bits per heavy atom. The van der Waals surface area contributed by atoms with Crippen molar-refractivity contribution >= 4 is 92.7 Å². The van der Waals surface area contributed by atoms with Crippen LogP contribution in [0.25, 0.3) is 110 Å². The van der Waals surface area contributed by atoms with Crippen molar-refractivity contribution in [2.24, 2.45) is 0 Å². The van der Waals surface area contributed by atoms with Crippen LogP contribution in [0.1, 0.15) is 0 Å². The van der Waals surface area contributed by atoms with Crippen LogP contribution in [0.5, 0.6) is 0 Å². The zero-order valence-corrected chi connectivity index (χ0v) is 26.1. The molecule has 5 nitrogen and oxygen atoms in total. The highest BCUT2D eigenvalue weighted by atomic mass is 16.3. The molecule has 0 aliphatic carbocycles. The van der Waals surface area contributed by atoms with Crippen LogP contribution < -0.4 is 0 Å². The van der Waals surface area contributed by atoms with Gasteiger partial charge in [-0.3, -0.25) is 4.57 Å². The molecule has 0 aliphatic rings. The van der Waals surface area contributed by atoms with Crippen molar-refractivity contribution in [1.82, 2.24) is 18.9 Å². The Balaban J connectivity index is 1.38. The van der Waals surface area contributed by atoms with E-state index >= 15 is 0 Å². The zero-order chi connectivity index (χ0) is 31.8. The van der Waals surface area contributed by atoms with Crippen molar-refractivity contribution in [3.8, 4) is 17.2 Å². The number of nitrogens with zero attached hydrogens (tertiary/aromatic N) is 4. The summed E-state index contributed by atoms with van der Waals surface area (Å²) >= 11 is 0. The van der Waals surface area contributed by atoms with Crippen LogP contribution in [0.3, 0.4) is 0 Å². The Kier molecular flexibility index (Phi) is 4.66. The van der Waals surface area contributed by atoms with Gasteiger partial charge in [-0.05, 0) is 29.0 Å². The molecule has 226 valence electrons. The molecule has 5 aromatic heterocycles. The number of para-hydroxylation sites is 4. The van der Waals surface area contributed by atoms with E-state index in [0.717, 1.165) is 49.5 Å². The fourth-order valence-electron chi connectivity index (χ4n) is 8.57. The van der Waals surface area contributed by atoms with Crippen LogP contribution in [0.2, 0.25) is 0 Å². The molecule has 0 bridgehead atoms. The van der Waals surface area contributed by atoms with E-state index in [1.807, 2.05) is 24.3 Å². The van der Waals surface area contributed by atoms with E-state index in [-0.39, 0.29) is 0 Å². The molecular weight excluding hydrogens is 601 g/mol. The van der Waals surface area contributed by atoms with E-state index < -0.39 is 0 Å². The third-order valence-corrected chi connectivity index (χ3v) is 10.5. The molecule has 5 heterocycles. The molecule has 0 saturated carbocycles. The first-order valence-corrected chi connectivity index (χ1v) is 16.6. The SMILES string of the molecule is c1ccc(-c2nc(-n3c4ccccc4c4c5ccccc5c5c6cccc7c8ccccc8n(c76)c5c43)nc3oc4ccccc4c23)cc1. The number of hydrogen-bond acceptors (Lipinski definition) is 3. The lowest BCUT2D eigenvalue weighted by Gasteiger charge is -2.12. The summed E-state index contributed by atoms with van der Waals surface area (Å²) < 4.78 is 11.3. The standard InChI is InChI=1S/C44H24N4O/c1-2-13-25(14-3-1)39-38-31-19-8-11-24-35(31)49-43(38)46-44(45-39)48-34-23-10-7-18-30(34)36-27-16-4-5-17-28(27)37-32-21-12-20-29-26-15-6-9-22-33(26)47(40(29)32)41(37)42(36)48/h1-24H. The maximum absolute atomic E-state index is 6.51. The van der Waals surface area contributed by atoms with Gasteiger partial charge in [0.1, 0.15) is 5.58 Å². The molecule has 7 aromatic carbocycles. The highest BCUT2D eigenvalue weighted by molar-refractivity contribution is 6.38.